The minimum absolute atomic E-state index is 0.126. The molecular weight excluding hydrogens is 299 g/mol. The zero-order valence-corrected chi connectivity index (χ0v) is 12.7. The fourth-order valence-corrected chi connectivity index (χ4v) is 2.75. The molecular formula is C14H18Cl2N2O2. The quantitative estimate of drug-likeness (QED) is 0.927. The average Bonchev–Trinajstić information content (AvgIpc) is 2.59. The lowest BCUT2D eigenvalue weighted by atomic mass is 10.2. The molecule has 0 saturated carbocycles. The summed E-state index contributed by atoms with van der Waals surface area (Å²) in [7, 11) is 0. The van der Waals surface area contributed by atoms with Gasteiger partial charge in [0.2, 0.25) is 0 Å². The van der Waals surface area contributed by atoms with Crippen molar-refractivity contribution < 1.29 is 9.90 Å². The number of hydrogen-bond donors (Lipinski definition) is 1. The van der Waals surface area contributed by atoms with Crippen molar-refractivity contribution in [2.24, 2.45) is 0 Å². The highest BCUT2D eigenvalue weighted by molar-refractivity contribution is 6.42. The lowest BCUT2D eigenvalue weighted by Crippen LogP contribution is -2.34. The summed E-state index contributed by atoms with van der Waals surface area (Å²) in [4.78, 5) is 15.0. The maximum atomic E-state index is 10.7. The van der Waals surface area contributed by atoms with Crippen LogP contribution in [-0.4, -0.2) is 53.6 Å². The molecule has 1 aromatic carbocycles. The van der Waals surface area contributed by atoms with E-state index in [1.54, 1.807) is 0 Å². The van der Waals surface area contributed by atoms with Gasteiger partial charge in [0.05, 0.1) is 16.6 Å². The van der Waals surface area contributed by atoms with Gasteiger partial charge in [0.15, 0.2) is 0 Å². The van der Waals surface area contributed by atoms with Crippen molar-refractivity contribution in [2.45, 2.75) is 13.0 Å². The zero-order valence-electron chi connectivity index (χ0n) is 11.2. The van der Waals surface area contributed by atoms with Gasteiger partial charge in [-0.1, -0.05) is 29.3 Å². The Bertz CT molecular complexity index is 482. The van der Waals surface area contributed by atoms with Gasteiger partial charge in [-0.05, 0) is 30.7 Å². The van der Waals surface area contributed by atoms with E-state index in [0.29, 0.717) is 10.0 Å². The largest absolute Gasteiger partial charge is 0.480 e. The molecule has 2 rings (SSSR count). The van der Waals surface area contributed by atoms with Crippen molar-refractivity contribution in [3.63, 3.8) is 0 Å². The third-order valence-electron chi connectivity index (χ3n) is 3.43. The SMILES string of the molecule is O=C(O)CN1CCCN(Cc2ccc(Cl)c(Cl)c2)CC1. The lowest BCUT2D eigenvalue weighted by molar-refractivity contribution is -0.138. The molecule has 0 aromatic heterocycles. The van der Waals surface area contributed by atoms with E-state index >= 15 is 0 Å². The Balaban J connectivity index is 1.90. The Hall–Kier alpha value is -0.810. The summed E-state index contributed by atoms with van der Waals surface area (Å²) in [6.07, 6.45) is 0.981. The van der Waals surface area contributed by atoms with Crippen molar-refractivity contribution >= 4 is 29.2 Å². The molecule has 4 nitrogen and oxygen atoms in total. The molecule has 20 heavy (non-hydrogen) atoms. The van der Waals surface area contributed by atoms with Gasteiger partial charge < -0.3 is 5.11 Å². The fourth-order valence-electron chi connectivity index (χ4n) is 2.43. The number of rotatable bonds is 4. The van der Waals surface area contributed by atoms with E-state index in [1.807, 2.05) is 23.1 Å². The van der Waals surface area contributed by atoms with Crippen LogP contribution in [0.3, 0.4) is 0 Å². The molecule has 0 unspecified atom stereocenters. The van der Waals surface area contributed by atoms with Crippen LogP contribution >= 0.6 is 23.2 Å². The van der Waals surface area contributed by atoms with Gasteiger partial charge >= 0.3 is 5.97 Å². The third kappa shape index (κ3) is 4.63. The van der Waals surface area contributed by atoms with E-state index in [9.17, 15) is 4.79 Å². The number of carboxylic acids is 1. The van der Waals surface area contributed by atoms with Gasteiger partial charge in [0.25, 0.3) is 0 Å². The van der Waals surface area contributed by atoms with Crippen LogP contribution in [0.4, 0.5) is 0 Å². The van der Waals surface area contributed by atoms with Crippen LogP contribution in [-0.2, 0) is 11.3 Å². The van der Waals surface area contributed by atoms with Crippen molar-refractivity contribution in [1.82, 2.24) is 9.80 Å². The molecule has 0 atom stereocenters. The third-order valence-corrected chi connectivity index (χ3v) is 4.17. The first-order valence-electron chi connectivity index (χ1n) is 6.65. The second-order valence-electron chi connectivity index (χ2n) is 5.05. The maximum absolute atomic E-state index is 10.7. The highest BCUT2D eigenvalue weighted by atomic mass is 35.5. The molecule has 0 aliphatic carbocycles. The monoisotopic (exact) mass is 316 g/mol. The summed E-state index contributed by atoms with van der Waals surface area (Å²) < 4.78 is 0. The number of aliphatic carboxylic acids is 1. The van der Waals surface area contributed by atoms with Crippen LogP contribution in [0.5, 0.6) is 0 Å². The number of nitrogens with zero attached hydrogens (tertiary/aromatic N) is 2. The molecule has 6 heteroatoms. The molecule has 1 heterocycles. The number of hydrogen-bond acceptors (Lipinski definition) is 3. The second kappa shape index (κ2) is 7.27. The smallest absolute Gasteiger partial charge is 0.317 e. The maximum Gasteiger partial charge on any atom is 0.317 e. The predicted octanol–water partition coefficient (Wildman–Crippen LogP) is 2.59. The zero-order chi connectivity index (χ0) is 14.5. The molecule has 1 aliphatic rings. The molecule has 0 spiro atoms. The van der Waals surface area contributed by atoms with Crippen LogP contribution < -0.4 is 0 Å². The highest BCUT2D eigenvalue weighted by Gasteiger charge is 2.16. The predicted molar refractivity (Wildman–Crippen MR) is 80.4 cm³/mol. The minimum Gasteiger partial charge on any atom is -0.480 e. The van der Waals surface area contributed by atoms with Crippen molar-refractivity contribution in [2.75, 3.05) is 32.7 Å². The van der Waals surface area contributed by atoms with Gasteiger partial charge in [-0.3, -0.25) is 14.6 Å². The first-order valence-corrected chi connectivity index (χ1v) is 7.40. The van der Waals surface area contributed by atoms with Gasteiger partial charge in [-0.15, -0.1) is 0 Å². The average molecular weight is 317 g/mol. The van der Waals surface area contributed by atoms with Gasteiger partial charge in [0.1, 0.15) is 0 Å². The summed E-state index contributed by atoms with van der Waals surface area (Å²) in [5.74, 6) is -0.761. The first-order chi connectivity index (χ1) is 9.54. The molecule has 1 N–H and O–H groups in total. The molecule has 110 valence electrons. The number of carbonyl (C=O) groups is 1. The van der Waals surface area contributed by atoms with Crippen LogP contribution in [0.15, 0.2) is 18.2 Å². The number of benzene rings is 1. The van der Waals surface area contributed by atoms with Crippen LogP contribution in [0, 0.1) is 0 Å². The summed E-state index contributed by atoms with van der Waals surface area (Å²) in [5, 5.41) is 9.98. The van der Waals surface area contributed by atoms with Crippen LogP contribution in [0.1, 0.15) is 12.0 Å². The summed E-state index contributed by atoms with van der Waals surface area (Å²) >= 11 is 11.9. The summed E-state index contributed by atoms with van der Waals surface area (Å²) in [6, 6.07) is 5.69. The Kier molecular flexibility index (Phi) is 5.66. The van der Waals surface area contributed by atoms with E-state index in [0.717, 1.165) is 44.7 Å². The second-order valence-corrected chi connectivity index (χ2v) is 5.86. The number of carboxylic acid groups (broad SMARTS) is 1. The lowest BCUT2D eigenvalue weighted by Gasteiger charge is -2.21. The van der Waals surface area contributed by atoms with Crippen molar-refractivity contribution in [3.05, 3.63) is 33.8 Å². The Morgan fingerprint density at radius 2 is 1.80 bits per heavy atom. The number of halogens is 2. The molecule has 0 radical (unpaired) electrons. The summed E-state index contributed by atoms with van der Waals surface area (Å²) in [5.41, 5.74) is 1.13. The van der Waals surface area contributed by atoms with Crippen LogP contribution in [0.2, 0.25) is 10.0 Å². The fraction of sp³-hybridized carbons (Fsp3) is 0.500. The Morgan fingerprint density at radius 1 is 1.10 bits per heavy atom. The van der Waals surface area contributed by atoms with Gasteiger partial charge in [-0.25, -0.2) is 0 Å². The van der Waals surface area contributed by atoms with E-state index < -0.39 is 5.97 Å². The first kappa shape index (κ1) is 15.6. The molecule has 1 fully saturated rings. The van der Waals surface area contributed by atoms with Gasteiger partial charge in [-0.2, -0.15) is 0 Å². The van der Waals surface area contributed by atoms with E-state index in [4.69, 9.17) is 28.3 Å². The molecule has 1 aliphatic heterocycles. The van der Waals surface area contributed by atoms with E-state index in [-0.39, 0.29) is 6.54 Å². The standard InChI is InChI=1S/C14H18Cl2N2O2/c15-12-3-2-11(8-13(12)16)9-17-4-1-5-18(7-6-17)10-14(19)20/h2-3,8H,1,4-7,9-10H2,(H,19,20). The Labute approximate surface area is 128 Å². The molecule has 1 aromatic rings. The normalized spacial score (nSPS) is 17.9. The van der Waals surface area contributed by atoms with Crippen molar-refractivity contribution in [3.8, 4) is 0 Å². The summed E-state index contributed by atoms with van der Waals surface area (Å²) in [6.45, 7) is 4.40. The molecule has 0 bridgehead atoms. The van der Waals surface area contributed by atoms with E-state index in [2.05, 4.69) is 4.90 Å². The van der Waals surface area contributed by atoms with Crippen molar-refractivity contribution in [1.29, 1.82) is 0 Å². The topological polar surface area (TPSA) is 43.8 Å². The van der Waals surface area contributed by atoms with Gasteiger partial charge in [0, 0.05) is 26.2 Å². The molecule has 1 saturated heterocycles. The highest BCUT2D eigenvalue weighted by Crippen LogP contribution is 2.23. The molecule has 0 amide bonds. The van der Waals surface area contributed by atoms with Crippen LogP contribution in [0.25, 0.3) is 0 Å². The Morgan fingerprint density at radius 3 is 2.50 bits per heavy atom. The minimum atomic E-state index is -0.761. The van der Waals surface area contributed by atoms with E-state index in [1.165, 1.54) is 0 Å².